The average Bonchev–Trinajstić information content (AvgIpc) is 3.54. The SMILES string of the molecule is C[C@H]1CC=C(C2=[C-]CCCC2)[N-]C1.[2H]C([2H])([2H])C1=NC2OC3=C(C4[N-]CC=C5C(C)=CS[C@@H]54)[CH-]CC[C@H]3C2CC1.[Ir]. The third kappa shape index (κ3) is 5.80. The molecule has 0 bridgehead atoms. The zero-order chi connectivity index (χ0) is 27.9. The van der Waals surface area contributed by atoms with E-state index in [0.29, 0.717) is 29.2 Å². The van der Waals surface area contributed by atoms with E-state index in [-0.39, 0.29) is 32.4 Å². The van der Waals surface area contributed by atoms with Crippen LogP contribution in [0.1, 0.15) is 82.6 Å². The van der Waals surface area contributed by atoms with E-state index in [0.717, 1.165) is 50.4 Å². The second-order valence-corrected chi connectivity index (χ2v) is 12.5. The van der Waals surface area contributed by atoms with Gasteiger partial charge in [-0.25, -0.2) is 12.0 Å². The molecule has 6 atom stereocenters. The van der Waals surface area contributed by atoms with Gasteiger partial charge in [-0.3, -0.25) is 11.1 Å². The Kier molecular flexibility index (Phi) is 8.11. The van der Waals surface area contributed by atoms with Crippen molar-refractivity contribution in [3.63, 3.8) is 0 Å². The average molecular weight is 711 g/mol. The molecule has 3 unspecified atom stereocenters. The van der Waals surface area contributed by atoms with Gasteiger partial charge in [0.2, 0.25) is 0 Å². The number of aliphatic imine (C=N–C) groups is 1. The van der Waals surface area contributed by atoms with E-state index in [1.165, 1.54) is 53.7 Å². The molecule has 1 saturated heterocycles. The zero-order valence-corrected chi connectivity index (χ0v) is 25.8. The summed E-state index contributed by atoms with van der Waals surface area (Å²) in [5.41, 5.74) is 6.97. The normalized spacial score (nSPS) is 37.0. The maximum absolute atomic E-state index is 7.68. The van der Waals surface area contributed by atoms with Gasteiger partial charge in [0.1, 0.15) is 0 Å². The molecule has 7 aliphatic rings. The monoisotopic (exact) mass is 711 g/mol. The van der Waals surface area contributed by atoms with Gasteiger partial charge in [0.05, 0.1) is 0 Å². The Morgan fingerprint density at radius 2 is 2.16 bits per heavy atom. The van der Waals surface area contributed by atoms with Gasteiger partial charge in [-0.1, -0.05) is 44.9 Å². The maximum Gasteiger partial charge on any atom is 0.171 e. The van der Waals surface area contributed by atoms with Gasteiger partial charge >= 0.3 is 0 Å². The molecule has 5 aliphatic heterocycles. The number of thioether (sulfide) groups is 1. The fraction of sp³-hybridized carbons (Fsp3) is 0.625. The van der Waals surface area contributed by atoms with Crippen molar-refractivity contribution < 1.29 is 29.0 Å². The van der Waals surface area contributed by atoms with Crippen molar-refractivity contribution in [1.82, 2.24) is 0 Å². The molecule has 6 heteroatoms. The van der Waals surface area contributed by atoms with Gasteiger partial charge < -0.3 is 21.1 Å². The molecule has 0 N–H and O–H groups in total. The summed E-state index contributed by atoms with van der Waals surface area (Å²) in [5, 5.41) is 12.1. The van der Waals surface area contributed by atoms with E-state index >= 15 is 0 Å². The summed E-state index contributed by atoms with van der Waals surface area (Å²) in [6.07, 6.45) is 19.7. The molecular weight excluding hydrogens is 667 g/mol. The van der Waals surface area contributed by atoms with Crippen LogP contribution < -0.4 is 0 Å². The minimum atomic E-state index is -2.10. The molecule has 0 amide bonds. The summed E-state index contributed by atoms with van der Waals surface area (Å²) in [7, 11) is 0. The van der Waals surface area contributed by atoms with E-state index in [2.05, 4.69) is 54.2 Å². The number of rotatable bonds is 2. The number of fused-ring (bicyclic) bond motifs is 4. The van der Waals surface area contributed by atoms with Crippen LogP contribution in [0.4, 0.5) is 0 Å². The fourth-order valence-corrected chi connectivity index (χ4v) is 7.98. The molecule has 1 radical (unpaired) electrons. The molecule has 2 aliphatic carbocycles. The Morgan fingerprint density at radius 1 is 1.24 bits per heavy atom. The standard InChI is InChI=1S/C20H24N2OS.C12H17N.Ir/c1-11-10-24-19-13(11)8-9-21-17(19)16-5-3-4-14-15-7-6-12(2)22-20(15)23-18(14)16;1-10-7-8-12(13-9-10)11-5-3-2-4-6-11;/h5,8,10,14-15,17,19-20H,3-4,6-7,9H2,1-2H3;8,10H,2-5,7,9H2,1H3;/q2*-2;/t14-,15?,17?,19-,20?;10-;/m00./s1/i2D3;;. The van der Waals surface area contributed by atoms with Gasteiger partial charge in [0, 0.05) is 41.1 Å². The molecule has 7 rings (SSSR count). The summed E-state index contributed by atoms with van der Waals surface area (Å²) in [5.74, 6) is 2.46. The molecule has 1 fully saturated rings. The van der Waals surface area contributed by atoms with Crippen LogP contribution in [0, 0.1) is 30.3 Å². The quantitative estimate of drug-likeness (QED) is 0.271. The molecule has 5 heterocycles. The van der Waals surface area contributed by atoms with E-state index in [9.17, 15) is 0 Å². The van der Waals surface area contributed by atoms with E-state index < -0.39 is 6.85 Å². The summed E-state index contributed by atoms with van der Waals surface area (Å²) in [6, 6.07) is 0.132. The Hall–Kier alpha value is -1.20. The van der Waals surface area contributed by atoms with Crippen LogP contribution in [0.15, 0.2) is 56.3 Å². The number of nitrogens with zero attached hydrogens (tertiary/aromatic N) is 3. The second-order valence-electron chi connectivity index (χ2n) is 11.5. The van der Waals surface area contributed by atoms with Crippen LogP contribution in [-0.4, -0.2) is 36.3 Å². The largest absolute Gasteiger partial charge is 0.769 e. The predicted molar refractivity (Wildman–Crippen MR) is 155 cm³/mol. The molecule has 0 spiro atoms. The summed E-state index contributed by atoms with van der Waals surface area (Å²) in [6.45, 7) is 4.10. The topological polar surface area (TPSA) is 49.8 Å². The van der Waals surface area contributed by atoms with Crippen molar-refractivity contribution in [3.05, 3.63) is 74.4 Å². The van der Waals surface area contributed by atoms with Gasteiger partial charge in [0.25, 0.3) is 0 Å². The molecule has 209 valence electrons. The number of hydrogen-bond acceptors (Lipinski definition) is 3. The Bertz CT molecular complexity index is 1190. The maximum atomic E-state index is 7.68. The third-order valence-corrected chi connectivity index (χ3v) is 10.0. The van der Waals surface area contributed by atoms with E-state index in [1.54, 1.807) is 0 Å². The van der Waals surface area contributed by atoms with Crippen molar-refractivity contribution in [2.24, 2.45) is 22.7 Å². The number of hydrogen-bond donors (Lipinski definition) is 0. The summed E-state index contributed by atoms with van der Waals surface area (Å²) in [4.78, 5) is 4.52. The molecule has 0 aromatic heterocycles. The fourth-order valence-electron chi connectivity index (χ4n) is 6.68. The first-order valence-electron chi connectivity index (χ1n) is 15.8. The third-order valence-electron chi connectivity index (χ3n) is 8.75. The summed E-state index contributed by atoms with van der Waals surface area (Å²) >= 11 is 1.86. The van der Waals surface area contributed by atoms with Crippen molar-refractivity contribution >= 4 is 17.5 Å². The Balaban J connectivity index is 0.000000204. The zero-order valence-electron chi connectivity index (χ0n) is 25.5. The van der Waals surface area contributed by atoms with Crippen LogP contribution in [0.5, 0.6) is 0 Å². The first-order chi connectivity index (χ1) is 19.3. The minimum absolute atomic E-state index is 0. The molecular formula is C32H41IrN3OS-4. The van der Waals surface area contributed by atoms with Crippen molar-refractivity contribution in [1.29, 1.82) is 0 Å². The molecule has 0 saturated carbocycles. The first-order valence-corrected chi connectivity index (χ1v) is 15.2. The number of allylic oxidation sites excluding steroid dienone is 5. The number of ether oxygens (including phenoxy) is 1. The second kappa shape index (κ2) is 12.5. The van der Waals surface area contributed by atoms with Gasteiger partial charge in [-0.2, -0.15) is 11.6 Å². The molecule has 38 heavy (non-hydrogen) atoms. The van der Waals surface area contributed by atoms with Crippen molar-refractivity contribution in [2.45, 2.75) is 96.0 Å². The summed E-state index contributed by atoms with van der Waals surface area (Å²) < 4.78 is 29.4. The van der Waals surface area contributed by atoms with Crippen LogP contribution in [-0.2, 0) is 24.8 Å². The van der Waals surface area contributed by atoms with Gasteiger partial charge in [-0.05, 0) is 54.8 Å². The van der Waals surface area contributed by atoms with Crippen LogP contribution in [0.3, 0.4) is 0 Å². The smallest absolute Gasteiger partial charge is 0.171 e. The molecule has 0 aromatic rings. The molecule has 4 nitrogen and oxygen atoms in total. The van der Waals surface area contributed by atoms with Gasteiger partial charge in [-0.15, -0.1) is 49.8 Å². The van der Waals surface area contributed by atoms with Gasteiger partial charge in [0.15, 0.2) is 6.23 Å². The van der Waals surface area contributed by atoms with Crippen LogP contribution >= 0.6 is 11.8 Å². The van der Waals surface area contributed by atoms with E-state index in [4.69, 9.17) is 14.2 Å². The molecule has 0 aromatic carbocycles. The minimum Gasteiger partial charge on any atom is -0.769 e. The first kappa shape index (κ1) is 24.6. The van der Waals surface area contributed by atoms with Crippen molar-refractivity contribution in [2.75, 3.05) is 13.1 Å². The Morgan fingerprint density at radius 3 is 2.95 bits per heavy atom. The van der Waals surface area contributed by atoms with Crippen LogP contribution in [0.25, 0.3) is 10.6 Å². The Labute approximate surface area is 251 Å². The predicted octanol–water partition coefficient (Wildman–Crippen LogP) is 8.37. The van der Waals surface area contributed by atoms with Crippen LogP contribution in [0.2, 0.25) is 0 Å². The van der Waals surface area contributed by atoms with E-state index in [1.807, 2.05) is 11.8 Å². The van der Waals surface area contributed by atoms with Crippen molar-refractivity contribution in [3.8, 4) is 0 Å².